The van der Waals surface area contributed by atoms with E-state index in [1.54, 1.807) is 23.7 Å². The van der Waals surface area contributed by atoms with E-state index in [1.165, 1.54) is 0 Å². The van der Waals surface area contributed by atoms with Crippen molar-refractivity contribution in [1.29, 1.82) is 0 Å². The molecule has 0 aliphatic carbocycles. The molecule has 1 atom stereocenters. The van der Waals surface area contributed by atoms with Gasteiger partial charge in [0.15, 0.2) is 0 Å². The highest BCUT2D eigenvalue weighted by molar-refractivity contribution is 7.09. The molecule has 1 saturated heterocycles. The Labute approximate surface area is 170 Å². The maximum atomic E-state index is 12.5. The zero-order chi connectivity index (χ0) is 19.8. The highest BCUT2D eigenvalue weighted by atomic mass is 32.1. The van der Waals surface area contributed by atoms with E-state index in [2.05, 4.69) is 20.7 Å². The molecule has 0 saturated carbocycles. The lowest BCUT2D eigenvalue weighted by Gasteiger charge is -2.32. The van der Waals surface area contributed by atoms with Crippen LogP contribution in [0.5, 0.6) is 0 Å². The number of carbonyl (C=O) groups excluding carboxylic acids is 2. The highest BCUT2D eigenvalue weighted by Gasteiger charge is 2.27. The summed E-state index contributed by atoms with van der Waals surface area (Å²) in [5, 5.41) is 6.19. The molecule has 0 radical (unpaired) electrons. The lowest BCUT2D eigenvalue weighted by Crippen LogP contribution is -2.45. The topological polar surface area (TPSA) is 75.2 Å². The van der Waals surface area contributed by atoms with E-state index < -0.39 is 0 Å². The van der Waals surface area contributed by atoms with Gasteiger partial charge in [-0.25, -0.2) is 4.98 Å². The minimum absolute atomic E-state index is 0.0746. The standard InChI is InChI=1S/C21H28N4O2S/c1-2-5-20(26)25-13-4-6-17(14-25)21(27)23-10-3-7-19-24-18(15-28-19)16-8-11-22-12-9-16/h8-9,11-12,15,17H,2-7,10,13-14H2,1H3,(H,23,27). The van der Waals surface area contributed by atoms with Crippen LogP contribution in [0.25, 0.3) is 11.3 Å². The van der Waals surface area contributed by atoms with Gasteiger partial charge in [0.2, 0.25) is 11.8 Å². The molecule has 3 heterocycles. The predicted molar refractivity (Wildman–Crippen MR) is 111 cm³/mol. The van der Waals surface area contributed by atoms with Crippen molar-refractivity contribution in [3.05, 3.63) is 34.9 Å². The van der Waals surface area contributed by atoms with Crippen LogP contribution in [-0.2, 0) is 16.0 Å². The molecule has 7 heteroatoms. The van der Waals surface area contributed by atoms with Crippen molar-refractivity contribution >= 4 is 23.2 Å². The van der Waals surface area contributed by atoms with Gasteiger partial charge in [0, 0.05) is 55.8 Å². The van der Waals surface area contributed by atoms with Gasteiger partial charge in [-0.1, -0.05) is 6.92 Å². The van der Waals surface area contributed by atoms with Crippen LogP contribution in [0.3, 0.4) is 0 Å². The summed E-state index contributed by atoms with van der Waals surface area (Å²) in [4.78, 5) is 35.1. The molecule has 2 amide bonds. The Bertz CT molecular complexity index is 778. The van der Waals surface area contributed by atoms with Crippen molar-refractivity contribution < 1.29 is 9.59 Å². The van der Waals surface area contributed by atoms with Gasteiger partial charge in [-0.05, 0) is 37.8 Å². The van der Waals surface area contributed by atoms with Crippen molar-refractivity contribution in [3.8, 4) is 11.3 Å². The second-order valence-corrected chi connectivity index (χ2v) is 8.13. The summed E-state index contributed by atoms with van der Waals surface area (Å²) in [6.07, 6.45) is 8.45. The van der Waals surface area contributed by atoms with Crippen LogP contribution in [0.2, 0.25) is 0 Å². The zero-order valence-corrected chi connectivity index (χ0v) is 17.2. The fourth-order valence-electron chi connectivity index (χ4n) is 3.47. The van der Waals surface area contributed by atoms with E-state index in [9.17, 15) is 9.59 Å². The number of rotatable bonds is 8. The Balaban J connectivity index is 1.40. The maximum absolute atomic E-state index is 12.5. The van der Waals surface area contributed by atoms with Gasteiger partial charge >= 0.3 is 0 Å². The first-order valence-electron chi connectivity index (χ1n) is 10.1. The summed E-state index contributed by atoms with van der Waals surface area (Å²) >= 11 is 1.65. The van der Waals surface area contributed by atoms with Gasteiger partial charge in [-0.2, -0.15) is 0 Å². The summed E-state index contributed by atoms with van der Waals surface area (Å²) in [6.45, 7) is 4.00. The largest absolute Gasteiger partial charge is 0.356 e. The average molecular weight is 401 g/mol. The van der Waals surface area contributed by atoms with Crippen LogP contribution < -0.4 is 5.32 Å². The van der Waals surface area contributed by atoms with Gasteiger partial charge < -0.3 is 10.2 Å². The molecule has 0 aromatic carbocycles. The summed E-state index contributed by atoms with van der Waals surface area (Å²) in [5.74, 6) is 0.173. The number of pyridine rings is 1. The molecular weight excluding hydrogens is 372 g/mol. The fourth-order valence-corrected chi connectivity index (χ4v) is 4.32. The summed E-state index contributed by atoms with van der Waals surface area (Å²) in [5.41, 5.74) is 2.05. The Hall–Kier alpha value is -2.28. The smallest absolute Gasteiger partial charge is 0.224 e. The molecule has 1 N–H and O–H groups in total. The number of amides is 2. The third-order valence-electron chi connectivity index (χ3n) is 5.00. The number of hydrogen-bond donors (Lipinski definition) is 1. The molecule has 3 rings (SSSR count). The minimum Gasteiger partial charge on any atom is -0.356 e. The van der Waals surface area contributed by atoms with Crippen molar-refractivity contribution in [2.45, 2.75) is 45.4 Å². The second-order valence-electron chi connectivity index (χ2n) is 7.19. The number of aromatic nitrogens is 2. The van der Waals surface area contributed by atoms with Gasteiger partial charge in [0.1, 0.15) is 0 Å². The monoisotopic (exact) mass is 400 g/mol. The van der Waals surface area contributed by atoms with E-state index in [0.29, 0.717) is 19.5 Å². The molecular formula is C21H28N4O2S. The van der Waals surface area contributed by atoms with Crippen LogP contribution in [0.4, 0.5) is 0 Å². The van der Waals surface area contributed by atoms with Gasteiger partial charge in [-0.3, -0.25) is 14.6 Å². The normalized spacial score (nSPS) is 16.8. The van der Waals surface area contributed by atoms with Crippen molar-refractivity contribution in [1.82, 2.24) is 20.2 Å². The SMILES string of the molecule is CCCC(=O)N1CCCC(C(=O)NCCCc2nc(-c3ccncc3)cs2)C1. The summed E-state index contributed by atoms with van der Waals surface area (Å²) in [6, 6.07) is 3.91. The first-order valence-corrected chi connectivity index (χ1v) is 11.0. The van der Waals surface area contributed by atoms with Crippen LogP contribution in [0.1, 0.15) is 44.0 Å². The molecule has 0 bridgehead atoms. The molecule has 1 unspecified atom stereocenters. The number of hydrogen-bond acceptors (Lipinski definition) is 5. The molecule has 1 aliphatic heterocycles. The van der Waals surface area contributed by atoms with Crippen molar-refractivity contribution in [2.24, 2.45) is 5.92 Å². The number of thiazole rings is 1. The lowest BCUT2D eigenvalue weighted by atomic mass is 9.96. The molecule has 1 aliphatic rings. The highest BCUT2D eigenvalue weighted by Crippen LogP contribution is 2.22. The third-order valence-corrected chi connectivity index (χ3v) is 5.91. The zero-order valence-electron chi connectivity index (χ0n) is 16.4. The second kappa shape index (κ2) is 10.3. The van der Waals surface area contributed by atoms with Crippen LogP contribution >= 0.6 is 11.3 Å². The first kappa shape index (κ1) is 20.5. The van der Waals surface area contributed by atoms with Gasteiger partial charge in [-0.15, -0.1) is 11.3 Å². The van der Waals surface area contributed by atoms with E-state index >= 15 is 0 Å². The van der Waals surface area contributed by atoms with Gasteiger partial charge in [0.05, 0.1) is 16.6 Å². The number of aryl methyl sites for hydroxylation is 1. The van der Waals surface area contributed by atoms with Crippen molar-refractivity contribution in [2.75, 3.05) is 19.6 Å². The molecule has 2 aromatic rings. The Morgan fingerprint density at radius 3 is 2.93 bits per heavy atom. The molecule has 150 valence electrons. The molecule has 6 nitrogen and oxygen atoms in total. The van der Waals surface area contributed by atoms with Crippen LogP contribution in [-0.4, -0.2) is 46.3 Å². The summed E-state index contributed by atoms with van der Waals surface area (Å²) < 4.78 is 0. The number of carbonyl (C=O) groups is 2. The third kappa shape index (κ3) is 5.61. The minimum atomic E-state index is -0.0762. The number of nitrogens with one attached hydrogen (secondary N) is 1. The molecule has 2 aromatic heterocycles. The number of nitrogens with zero attached hydrogens (tertiary/aromatic N) is 3. The lowest BCUT2D eigenvalue weighted by molar-refractivity contribution is -0.135. The van der Waals surface area contributed by atoms with E-state index in [0.717, 1.165) is 54.9 Å². The maximum Gasteiger partial charge on any atom is 0.224 e. The molecule has 28 heavy (non-hydrogen) atoms. The van der Waals surface area contributed by atoms with Gasteiger partial charge in [0.25, 0.3) is 0 Å². The Kier molecular flexibility index (Phi) is 7.54. The van der Waals surface area contributed by atoms with Crippen LogP contribution in [0.15, 0.2) is 29.9 Å². The summed E-state index contributed by atoms with van der Waals surface area (Å²) in [7, 11) is 0. The Morgan fingerprint density at radius 2 is 2.14 bits per heavy atom. The number of likely N-dealkylation sites (tertiary alicyclic amines) is 1. The Morgan fingerprint density at radius 1 is 1.32 bits per heavy atom. The molecule has 0 spiro atoms. The van der Waals surface area contributed by atoms with Crippen molar-refractivity contribution in [3.63, 3.8) is 0 Å². The average Bonchev–Trinajstić information content (AvgIpc) is 3.21. The number of piperidine rings is 1. The van der Waals surface area contributed by atoms with E-state index in [-0.39, 0.29) is 17.7 Å². The van der Waals surface area contributed by atoms with E-state index in [4.69, 9.17) is 0 Å². The predicted octanol–water partition coefficient (Wildman–Crippen LogP) is 3.29. The quantitative estimate of drug-likeness (QED) is 0.690. The first-order chi connectivity index (χ1) is 13.7. The van der Waals surface area contributed by atoms with E-state index in [1.807, 2.05) is 24.0 Å². The van der Waals surface area contributed by atoms with Crippen LogP contribution in [0, 0.1) is 5.92 Å². The molecule has 1 fully saturated rings. The fraction of sp³-hybridized carbons (Fsp3) is 0.524.